The molecule has 2 aromatic rings. The largest absolute Gasteiger partial charge is 0.392 e. The van der Waals surface area contributed by atoms with Gasteiger partial charge in [-0.25, -0.2) is 0 Å². The molecule has 1 aromatic heterocycles. The zero-order chi connectivity index (χ0) is 13.8. The number of nitrogens with one attached hydrogen (secondary N) is 1. The van der Waals surface area contributed by atoms with Gasteiger partial charge in [0.25, 0.3) is 0 Å². The Morgan fingerprint density at radius 2 is 2.00 bits per heavy atom. The van der Waals surface area contributed by atoms with Gasteiger partial charge in [-0.05, 0) is 37.1 Å². The summed E-state index contributed by atoms with van der Waals surface area (Å²) < 4.78 is 0.818. The van der Waals surface area contributed by atoms with E-state index in [1.807, 2.05) is 24.3 Å². The summed E-state index contributed by atoms with van der Waals surface area (Å²) in [5, 5.41) is 12.7. The minimum atomic E-state index is 0.0800. The molecule has 0 saturated heterocycles. The zero-order valence-corrected chi connectivity index (χ0v) is 12.6. The van der Waals surface area contributed by atoms with Crippen molar-refractivity contribution in [2.24, 2.45) is 0 Å². The third kappa shape index (κ3) is 3.80. The molecule has 0 aliphatic heterocycles. The Morgan fingerprint density at radius 1 is 1.21 bits per heavy atom. The molecule has 1 heterocycles. The van der Waals surface area contributed by atoms with Crippen LogP contribution in [0.5, 0.6) is 0 Å². The van der Waals surface area contributed by atoms with Crippen molar-refractivity contribution in [3.8, 4) is 0 Å². The topological polar surface area (TPSA) is 32.3 Å². The number of halogens is 1. The van der Waals surface area contributed by atoms with Crippen molar-refractivity contribution in [2.45, 2.75) is 32.5 Å². The lowest BCUT2D eigenvalue weighted by molar-refractivity contribution is 0.281. The van der Waals surface area contributed by atoms with Gasteiger partial charge in [-0.15, -0.1) is 11.3 Å². The van der Waals surface area contributed by atoms with Crippen LogP contribution < -0.4 is 5.32 Å². The molecule has 2 nitrogen and oxygen atoms in total. The summed E-state index contributed by atoms with van der Waals surface area (Å²) in [5.41, 5.74) is 2.12. The lowest BCUT2D eigenvalue weighted by atomic mass is 10.0. The number of aliphatic hydroxyl groups is 1. The van der Waals surface area contributed by atoms with Gasteiger partial charge in [-0.1, -0.05) is 35.9 Å². The molecule has 0 fully saturated rings. The number of benzene rings is 1. The maximum atomic E-state index is 9.17. The minimum Gasteiger partial charge on any atom is -0.392 e. The molecule has 0 saturated carbocycles. The van der Waals surface area contributed by atoms with Crippen molar-refractivity contribution in [2.75, 3.05) is 0 Å². The fourth-order valence-electron chi connectivity index (χ4n) is 2.08. The number of hydrogen-bond donors (Lipinski definition) is 2. The second-order valence-electron chi connectivity index (χ2n) is 4.66. The van der Waals surface area contributed by atoms with Crippen molar-refractivity contribution in [3.05, 3.63) is 56.7 Å². The Morgan fingerprint density at radius 3 is 2.63 bits per heavy atom. The van der Waals surface area contributed by atoms with Gasteiger partial charge in [-0.2, -0.15) is 0 Å². The Hall–Kier alpha value is -0.870. The Bertz CT molecular complexity index is 540. The van der Waals surface area contributed by atoms with Crippen molar-refractivity contribution in [1.29, 1.82) is 0 Å². The summed E-state index contributed by atoms with van der Waals surface area (Å²) in [6.45, 7) is 4.34. The number of hydrogen-bond acceptors (Lipinski definition) is 3. The van der Waals surface area contributed by atoms with E-state index >= 15 is 0 Å². The van der Waals surface area contributed by atoms with Crippen LogP contribution in [0, 0.1) is 0 Å². The Labute approximate surface area is 123 Å². The fraction of sp³-hybridized carbons (Fsp3) is 0.333. The summed E-state index contributed by atoms with van der Waals surface area (Å²) in [4.78, 5) is 1.23. The first-order valence-electron chi connectivity index (χ1n) is 6.31. The molecule has 102 valence electrons. The molecule has 2 N–H and O–H groups in total. The van der Waals surface area contributed by atoms with Gasteiger partial charge in [0.2, 0.25) is 0 Å². The normalized spacial score (nSPS) is 14.3. The lowest BCUT2D eigenvalue weighted by Gasteiger charge is -2.20. The quantitative estimate of drug-likeness (QED) is 0.862. The highest BCUT2D eigenvalue weighted by molar-refractivity contribution is 7.16. The van der Waals surface area contributed by atoms with E-state index in [1.54, 1.807) is 11.3 Å². The van der Waals surface area contributed by atoms with Gasteiger partial charge < -0.3 is 10.4 Å². The van der Waals surface area contributed by atoms with Gasteiger partial charge in [0.15, 0.2) is 0 Å². The van der Waals surface area contributed by atoms with Crippen molar-refractivity contribution >= 4 is 22.9 Å². The highest BCUT2D eigenvalue weighted by atomic mass is 35.5. The first-order chi connectivity index (χ1) is 9.10. The average molecular weight is 296 g/mol. The molecule has 0 aliphatic rings. The molecular formula is C15H18ClNOS. The van der Waals surface area contributed by atoms with Crippen molar-refractivity contribution in [3.63, 3.8) is 0 Å². The third-order valence-corrected chi connectivity index (χ3v) is 4.57. The van der Waals surface area contributed by atoms with E-state index < -0.39 is 0 Å². The molecular weight excluding hydrogens is 278 g/mol. The van der Waals surface area contributed by atoms with Gasteiger partial charge in [0.1, 0.15) is 0 Å². The van der Waals surface area contributed by atoms with E-state index in [-0.39, 0.29) is 18.7 Å². The zero-order valence-electron chi connectivity index (χ0n) is 11.1. The predicted molar refractivity (Wildman–Crippen MR) is 81.7 cm³/mol. The number of thiophene rings is 1. The second kappa shape index (κ2) is 6.53. The third-order valence-electron chi connectivity index (χ3n) is 3.15. The van der Waals surface area contributed by atoms with Crippen LogP contribution in [0.3, 0.4) is 0 Å². The van der Waals surface area contributed by atoms with Crippen LogP contribution in [0.2, 0.25) is 4.34 Å². The van der Waals surface area contributed by atoms with Gasteiger partial charge in [-0.3, -0.25) is 0 Å². The lowest BCUT2D eigenvalue weighted by Crippen LogP contribution is -2.21. The summed E-state index contributed by atoms with van der Waals surface area (Å²) in [6, 6.07) is 12.5. The van der Waals surface area contributed by atoms with Crippen LogP contribution in [0.4, 0.5) is 0 Å². The van der Waals surface area contributed by atoms with Crippen LogP contribution in [0.25, 0.3) is 0 Å². The Kier molecular flexibility index (Phi) is 4.99. The van der Waals surface area contributed by atoms with E-state index in [1.165, 1.54) is 10.4 Å². The van der Waals surface area contributed by atoms with Crippen LogP contribution in [0.15, 0.2) is 36.4 Å². The average Bonchev–Trinajstić information content (AvgIpc) is 2.85. The smallest absolute Gasteiger partial charge is 0.0931 e. The first kappa shape index (κ1) is 14.5. The predicted octanol–water partition coefficient (Wildman–Crippen LogP) is 4.31. The van der Waals surface area contributed by atoms with Crippen LogP contribution >= 0.6 is 22.9 Å². The molecule has 2 atom stereocenters. The summed E-state index contributed by atoms with van der Waals surface area (Å²) >= 11 is 7.56. The molecule has 0 radical (unpaired) electrons. The molecule has 4 heteroatoms. The van der Waals surface area contributed by atoms with Crippen LogP contribution in [-0.4, -0.2) is 5.11 Å². The van der Waals surface area contributed by atoms with E-state index in [0.717, 1.165) is 9.90 Å². The highest BCUT2D eigenvalue weighted by Crippen LogP contribution is 2.28. The molecule has 19 heavy (non-hydrogen) atoms. The van der Waals surface area contributed by atoms with Crippen molar-refractivity contribution < 1.29 is 5.11 Å². The summed E-state index contributed by atoms with van der Waals surface area (Å²) in [7, 11) is 0. The monoisotopic (exact) mass is 295 g/mol. The highest BCUT2D eigenvalue weighted by Gasteiger charge is 2.13. The molecule has 0 bridgehead atoms. The number of aliphatic hydroxyl groups excluding tert-OH is 1. The van der Waals surface area contributed by atoms with Crippen LogP contribution in [0.1, 0.15) is 41.9 Å². The van der Waals surface area contributed by atoms with E-state index in [0.29, 0.717) is 0 Å². The molecule has 0 aliphatic carbocycles. The molecule has 1 aromatic carbocycles. The molecule has 2 rings (SSSR count). The maximum absolute atomic E-state index is 9.17. The minimum absolute atomic E-state index is 0.0800. The van der Waals surface area contributed by atoms with E-state index in [2.05, 4.69) is 31.3 Å². The second-order valence-corrected chi connectivity index (χ2v) is 6.40. The standard InChI is InChI=1S/C15H18ClNOS/c1-10(13-5-3-4-12(8-13)9-18)17-11(2)14-6-7-15(16)19-14/h3-8,10-11,17-18H,9H2,1-2H3. The maximum Gasteiger partial charge on any atom is 0.0931 e. The molecule has 2 unspecified atom stereocenters. The summed E-state index contributed by atoms with van der Waals surface area (Å²) in [6.07, 6.45) is 0. The molecule has 0 amide bonds. The summed E-state index contributed by atoms with van der Waals surface area (Å²) in [5.74, 6) is 0. The number of rotatable bonds is 5. The van der Waals surface area contributed by atoms with E-state index in [4.69, 9.17) is 11.6 Å². The van der Waals surface area contributed by atoms with Gasteiger partial charge >= 0.3 is 0 Å². The Balaban J connectivity index is 2.05. The molecule has 0 spiro atoms. The van der Waals surface area contributed by atoms with Gasteiger partial charge in [0, 0.05) is 17.0 Å². The fourth-order valence-corrected chi connectivity index (χ4v) is 3.15. The van der Waals surface area contributed by atoms with E-state index in [9.17, 15) is 5.11 Å². The van der Waals surface area contributed by atoms with Crippen LogP contribution in [-0.2, 0) is 6.61 Å². The first-order valence-corrected chi connectivity index (χ1v) is 7.50. The van der Waals surface area contributed by atoms with Crippen molar-refractivity contribution in [1.82, 2.24) is 5.32 Å². The SMILES string of the molecule is CC(NC(C)c1ccc(Cl)s1)c1cccc(CO)c1. The van der Waals surface area contributed by atoms with Gasteiger partial charge in [0.05, 0.1) is 10.9 Å².